The first kappa shape index (κ1) is 13.8. The fourth-order valence-electron chi connectivity index (χ4n) is 1.23. The third kappa shape index (κ3) is 3.36. The number of alkyl halides is 1. The van der Waals surface area contributed by atoms with Gasteiger partial charge in [-0.2, -0.15) is 0 Å². The maximum atomic E-state index is 11.9. The zero-order chi connectivity index (χ0) is 13.1. The Kier molecular flexibility index (Phi) is 4.40. The third-order valence-corrected chi connectivity index (χ3v) is 3.97. The molecule has 0 saturated carbocycles. The van der Waals surface area contributed by atoms with Crippen molar-refractivity contribution in [3.8, 4) is 11.5 Å². The number of rotatable bonds is 4. The van der Waals surface area contributed by atoms with Gasteiger partial charge in [0.15, 0.2) is 11.5 Å². The van der Waals surface area contributed by atoms with Crippen LogP contribution in [0, 0.1) is 0 Å². The molecule has 0 aromatic heterocycles. The summed E-state index contributed by atoms with van der Waals surface area (Å²) in [4.78, 5) is 11.9. The SMILES string of the molecule is CCC(C)(CBr)NC(=O)c1ccc(O)c(O)c1. The fraction of sp³-hybridized carbons (Fsp3) is 0.417. The van der Waals surface area contributed by atoms with Crippen molar-refractivity contribution in [3.05, 3.63) is 23.8 Å². The van der Waals surface area contributed by atoms with Gasteiger partial charge in [0.05, 0.1) is 0 Å². The van der Waals surface area contributed by atoms with E-state index in [2.05, 4.69) is 21.2 Å². The number of hydrogen-bond acceptors (Lipinski definition) is 3. The average Bonchev–Trinajstić information content (AvgIpc) is 2.32. The minimum Gasteiger partial charge on any atom is -0.504 e. The topological polar surface area (TPSA) is 69.6 Å². The van der Waals surface area contributed by atoms with Crippen LogP contribution in [0.25, 0.3) is 0 Å². The first-order valence-corrected chi connectivity index (χ1v) is 6.44. The number of phenols is 2. The Morgan fingerprint density at radius 3 is 2.53 bits per heavy atom. The summed E-state index contributed by atoms with van der Waals surface area (Å²) in [6, 6.07) is 4.01. The number of carbonyl (C=O) groups is 1. The molecule has 0 bridgehead atoms. The van der Waals surface area contributed by atoms with E-state index in [1.165, 1.54) is 18.2 Å². The lowest BCUT2D eigenvalue weighted by molar-refractivity contribution is 0.0913. The summed E-state index contributed by atoms with van der Waals surface area (Å²) in [6.45, 7) is 3.91. The summed E-state index contributed by atoms with van der Waals surface area (Å²) in [7, 11) is 0. The second kappa shape index (κ2) is 5.40. The Morgan fingerprint density at radius 2 is 2.06 bits per heavy atom. The normalized spacial score (nSPS) is 14.1. The van der Waals surface area contributed by atoms with Gasteiger partial charge < -0.3 is 15.5 Å². The molecule has 0 saturated heterocycles. The summed E-state index contributed by atoms with van der Waals surface area (Å²) in [5.41, 5.74) is -0.00848. The number of hydrogen-bond donors (Lipinski definition) is 3. The Hall–Kier alpha value is -1.23. The summed E-state index contributed by atoms with van der Waals surface area (Å²) in [5.74, 6) is -0.806. The zero-order valence-corrected chi connectivity index (χ0v) is 11.4. The highest BCUT2D eigenvalue weighted by Crippen LogP contribution is 2.25. The van der Waals surface area contributed by atoms with E-state index in [4.69, 9.17) is 5.11 Å². The van der Waals surface area contributed by atoms with Crippen molar-refractivity contribution >= 4 is 21.8 Å². The predicted octanol–water partition coefficient (Wildman–Crippen LogP) is 2.39. The molecular weight excluding hydrogens is 286 g/mol. The van der Waals surface area contributed by atoms with Crippen molar-refractivity contribution in [2.24, 2.45) is 0 Å². The summed E-state index contributed by atoms with van der Waals surface area (Å²) in [5, 5.41) is 22.0. The van der Waals surface area contributed by atoms with Crippen LogP contribution in [-0.4, -0.2) is 27.0 Å². The largest absolute Gasteiger partial charge is 0.504 e. The van der Waals surface area contributed by atoms with Crippen LogP contribution in [0.2, 0.25) is 0 Å². The number of nitrogens with one attached hydrogen (secondary N) is 1. The van der Waals surface area contributed by atoms with Crippen LogP contribution in [0.3, 0.4) is 0 Å². The van der Waals surface area contributed by atoms with E-state index in [1.807, 2.05) is 13.8 Å². The van der Waals surface area contributed by atoms with Gasteiger partial charge in [0.2, 0.25) is 0 Å². The maximum Gasteiger partial charge on any atom is 0.251 e. The summed E-state index contributed by atoms with van der Waals surface area (Å²) < 4.78 is 0. The van der Waals surface area contributed by atoms with E-state index in [0.29, 0.717) is 10.9 Å². The summed E-state index contributed by atoms with van der Waals surface area (Å²) >= 11 is 3.36. The van der Waals surface area contributed by atoms with E-state index in [9.17, 15) is 9.90 Å². The molecule has 0 fully saturated rings. The van der Waals surface area contributed by atoms with Crippen molar-refractivity contribution in [1.29, 1.82) is 0 Å². The second-order valence-electron chi connectivity index (χ2n) is 4.21. The van der Waals surface area contributed by atoms with Gasteiger partial charge in [0.25, 0.3) is 5.91 Å². The van der Waals surface area contributed by atoms with E-state index < -0.39 is 0 Å². The lowest BCUT2D eigenvalue weighted by Gasteiger charge is -2.27. The molecule has 5 heteroatoms. The van der Waals surface area contributed by atoms with Gasteiger partial charge in [-0.15, -0.1) is 0 Å². The highest BCUT2D eigenvalue weighted by Gasteiger charge is 2.23. The molecule has 4 nitrogen and oxygen atoms in total. The number of benzene rings is 1. The highest BCUT2D eigenvalue weighted by atomic mass is 79.9. The first-order valence-electron chi connectivity index (χ1n) is 5.32. The molecule has 1 amide bonds. The molecule has 0 spiro atoms. The molecule has 0 aliphatic rings. The molecule has 1 aromatic carbocycles. The van der Waals surface area contributed by atoms with E-state index in [0.717, 1.165) is 6.42 Å². The van der Waals surface area contributed by atoms with Crippen molar-refractivity contribution in [3.63, 3.8) is 0 Å². The van der Waals surface area contributed by atoms with Gasteiger partial charge in [-0.1, -0.05) is 22.9 Å². The fourth-order valence-corrected chi connectivity index (χ4v) is 1.76. The maximum absolute atomic E-state index is 11.9. The highest BCUT2D eigenvalue weighted by molar-refractivity contribution is 9.09. The molecule has 1 atom stereocenters. The van der Waals surface area contributed by atoms with Crippen molar-refractivity contribution in [1.82, 2.24) is 5.32 Å². The van der Waals surface area contributed by atoms with Crippen LogP contribution < -0.4 is 5.32 Å². The minimum absolute atomic E-state index is 0.236. The van der Waals surface area contributed by atoms with Gasteiger partial charge in [0, 0.05) is 16.4 Å². The molecule has 94 valence electrons. The van der Waals surface area contributed by atoms with E-state index in [1.54, 1.807) is 0 Å². The molecule has 0 heterocycles. The Balaban J connectivity index is 2.86. The quantitative estimate of drug-likeness (QED) is 0.591. The number of halogens is 1. The van der Waals surface area contributed by atoms with Gasteiger partial charge >= 0.3 is 0 Å². The van der Waals surface area contributed by atoms with Crippen LogP contribution in [0.1, 0.15) is 30.6 Å². The van der Waals surface area contributed by atoms with Gasteiger partial charge in [-0.3, -0.25) is 4.79 Å². The minimum atomic E-state index is -0.329. The van der Waals surface area contributed by atoms with Gasteiger partial charge in [-0.05, 0) is 31.5 Å². The van der Waals surface area contributed by atoms with Crippen LogP contribution in [0.4, 0.5) is 0 Å². The number of carbonyl (C=O) groups excluding carboxylic acids is 1. The predicted molar refractivity (Wildman–Crippen MR) is 69.7 cm³/mol. The molecular formula is C12H16BrNO3. The molecule has 0 aliphatic carbocycles. The summed E-state index contributed by atoms with van der Waals surface area (Å²) in [6.07, 6.45) is 0.786. The van der Waals surface area contributed by atoms with Crippen LogP contribution >= 0.6 is 15.9 Å². The lowest BCUT2D eigenvalue weighted by Crippen LogP contribution is -2.46. The molecule has 3 N–H and O–H groups in total. The molecule has 1 unspecified atom stereocenters. The second-order valence-corrected chi connectivity index (χ2v) is 4.77. The standard InChI is InChI=1S/C12H16BrNO3/c1-3-12(2,7-13)14-11(17)8-4-5-9(15)10(16)6-8/h4-6,15-16H,3,7H2,1-2H3,(H,14,17). The number of aromatic hydroxyl groups is 2. The van der Waals surface area contributed by atoms with Crippen molar-refractivity contribution in [2.45, 2.75) is 25.8 Å². The smallest absolute Gasteiger partial charge is 0.251 e. The van der Waals surface area contributed by atoms with E-state index in [-0.39, 0.29) is 22.9 Å². The number of amides is 1. The molecule has 0 radical (unpaired) electrons. The first-order chi connectivity index (χ1) is 7.91. The molecule has 0 aliphatic heterocycles. The lowest BCUT2D eigenvalue weighted by atomic mass is 10.0. The Morgan fingerprint density at radius 1 is 1.41 bits per heavy atom. The van der Waals surface area contributed by atoms with Crippen molar-refractivity contribution in [2.75, 3.05) is 5.33 Å². The van der Waals surface area contributed by atoms with Crippen LogP contribution in [0.5, 0.6) is 11.5 Å². The third-order valence-electron chi connectivity index (χ3n) is 2.73. The van der Waals surface area contributed by atoms with Crippen molar-refractivity contribution < 1.29 is 15.0 Å². The number of phenolic OH excluding ortho intramolecular Hbond substituents is 2. The molecule has 1 rings (SSSR count). The zero-order valence-electron chi connectivity index (χ0n) is 9.83. The average molecular weight is 302 g/mol. The Labute approximate surface area is 109 Å². The molecule has 1 aromatic rings. The molecule has 17 heavy (non-hydrogen) atoms. The Bertz CT molecular complexity index is 416. The van der Waals surface area contributed by atoms with Gasteiger partial charge in [0.1, 0.15) is 0 Å². The van der Waals surface area contributed by atoms with Crippen LogP contribution in [0.15, 0.2) is 18.2 Å². The van der Waals surface area contributed by atoms with E-state index >= 15 is 0 Å². The monoisotopic (exact) mass is 301 g/mol. The van der Waals surface area contributed by atoms with Gasteiger partial charge in [-0.25, -0.2) is 0 Å². The van der Waals surface area contributed by atoms with Crippen LogP contribution in [-0.2, 0) is 0 Å².